The molecule has 0 saturated carbocycles. The number of thioether (sulfide) groups is 1. The predicted molar refractivity (Wildman–Crippen MR) is 71.5 cm³/mol. The molecule has 1 aliphatic heterocycles. The van der Waals surface area contributed by atoms with Gasteiger partial charge in [0, 0.05) is 6.42 Å². The zero-order valence-corrected chi connectivity index (χ0v) is 11.5. The van der Waals surface area contributed by atoms with E-state index in [9.17, 15) is 19.5 Å². The van der Waals surface area contributed by atoms with Gasteiger partial charge < -0.3 is 15.6 Å². The number of carboxylic acids is 1. The predicted octanol–water partition coefficient (Wildman–Crippen LogP) is -1.59. The Morgan fingerprint density at radius 3 is 2.65 bits per heavy atom. The van der Waals surface area contributed by atoms with Gasteiger partial charge in [-0.2, -0.15) is 0 Å². The van der Waals surface area contributed by atoms with Gasteiger partial charge in [-0.25, -0.2) is 4.90 Å². The third-order valence-corrected chi connectivity index (χ3v) is 4.32. The van der Waals surface area contributed by atoms with Crippen LogP contribution in [0.3, 0.4) is 0 Å². The molecule has 1 aliphatic rings. The molecule has 0 bridgehead atoms. The van der Waals surface area contributed by atoms with Crippen LogP contribution in [-0.4, -0.2) is 34.8 Å². The van der Waals surface area contributed by atoms with Crippen molar-refractivity contribution in [3.05, 3.63) is 30.3 Å². The molecular formula is C13H14N2O4S. The van der Waals surface area contributed by atoms with Crippen molar-refractivity contribution in [3.8, 4) is 0 Å². The van der Waals surface area contributed by atoms with E-state index in [1.54, 1.807) is 30.3 Å². The van der Waals surface area contributed by atoms with Crippen LogP contribution in [-0.2, 0) is 14.4 Å². The van der Waals surface area contributed by atoms with E-state index in [-0.39, 0.29) is 24.0 Å². The van der Waals surface area contributed by atoms with Crippen molar-refractivity contribution in [1.29, 1.82) is 0 Å². The molecule has 1 aromatic rings. The number of imide groups is 1. The smallest absolute Gasteiger partial charge is 0.247 e. The van der Waals surface area contributed by atoms with E-state index >= 15 is 0 Å². The Balaban J connectivity index is 2.04. The van der Waals surface area contributed by atoms with Crippen LogP contribution in [0, 0.1) is 0 Å². The number of carboxylic acid groups (broad SMARTS) is 1. The second-order valence-electron chi connectivity index (χ2n) is 4.44. The molecule has 3 N–H and O–H groups in total. The summed E-state index contributed by atoms with van der Waals surface area (Å²) in [7, 11) is 0. The van der Waals surface area contributed by atoms with Crippen LogP contribution in [0.4, 0.5) is 5.69 Å². The van der Waals surface area contributed by atoms with Crippen molar-refractivity contribution in [2.45, 2.75) is 17.7 Å². The van der Waals surface area contributed by atoms with E-state index in [0.29, 0.717) is 5.69 Å². The maximum Gasteiger partial charge on any atom is 0.247 e. The van der Waals surface area contributed by atoms with Crippen LogP contribution in [0.15, 0.2) is 30.3 Å². The van der Waals surface area contributed by atoms with E-state index < -0.39 is 17.3 Å². The number of aliphatic carboxylic acids is 1. The summed E-state index contributed by atoms with van der Waals surface area (Å²) < 4.78 is 0. The van der Waals surface area contributed by atoms with Crippen molar-refractivity contribution in [2.75, 3.05) is 10.7 Å². The van der Waals surface area contributed by atoms with Crippen molar-refractivity contribution in [2.24, 2.45) is 0 Å². The first kappa shape index (κ1) is 14.5. The number of carbonyl (C=O) groups excluding carboxylic acids is 3. The Hall–Kier alpha value is -1.86. The molecule has 1 saturated heterocycles. The molecule has 0 spiro atoms. The third-order valence-electron chi connectivity index (χ3n) is 2.95. The molecule has 106 valence electrons. The van der Waals surface area contributed by atoms with Gasteiger partial charge in [0.1, 0.15) is 6.04 Å². The summed E-state index contributed by atoms with van der Waals surface area (Å²) in [5, 5.41) is 10.0. The average molecular weight is 294 g/mol. The van der Waals surface area contributed by atoms with Crippen molar-refractivity contribution >= 4 is 35.2 Å². The van der Waals surface area contributed by atoms with E-state index in [2.05, 4.69) is 5.73 Å². The molecule has 7 heteroatoms. The second-order valence-corrected chi connectivity index (χ2v) is 5.68. The molecule has 6 nitrogen and oxygen atoms in total. The molecule has 20 heavy (non-hydrogen) atoms. The largest absolute Gasteiger partial charge is 0.544 e. The van der Waals surface area contributed by atoms with Crippen molar-refractivity contribution in [3.63, 3.8) is 0 Å². The number of anilines is 1. The molecule has 2 amide bonds. The summed E-state index contributed by atoms with van der Waals surface area (Å²) in [5.41, 5.74) is 3.97. The van der Waals surface area contributed by atoms with Crippen LogP contribution in [0.25, 0.3) is 0 Å². The highest BCUT2D eigenvalue weighted by Gasteiger charge is 2.40. The highest BCUT2D eigenvalue weighted by atomic mass is 32.2. The molecular weight excluding hydrogens is 280 g/mol. The lowest BCUT2D eigenvalue weighted by Gasteiger charge is -2.15. The number of rotatable bonds is 5. The highest BCUT2D eigenvalue weighted by Crippen LogP contribution is 2.29. The Morgan fingerprint density at radius 1 is 1.40 bits per heavy atom. The van der Waals surface area contributed by atoms with Crippen LogP contribution in [0.2, 0.25) is 0 Å². The molecule has 0 unspecified atom stereocenters. The van der Waals surface area contributed by atoms with Crippen LogP contribution in [0.5, 0.6) is 0 Å². The van der Waals surface area contributed by atoms with Gasteiger partial charge in [-0.15, -0.1) is 11.8 Å². The Kier molecular flexibility index (Phi) is 4.41. The van der Waals surface area contributed by atoms with E-state index in [1.807, 2.05) is 0 Å². The molecule has 0 aliphatic carbocycles. The van der Waals surface area contributed by atoms with E-state index in [1.165, 1.54) is 0 Å². The SMILES string of the molecule is [NH3+][C@H](CS[C@H]1CC(=O)N(c2ccccc2)C1=O)C(=O)[O-]. The van der Waals surface area contributed by atoms with Gasteiger partial charge in [0.05, 0.1) is 22.7 Å². The molecule has 1 fully saturated rings. The first-order valence-corrected chi connectivity index (χ1v) is 7.13. The fourth-order valence-corrected chi connectivity index (χ4v) is 2.99. The Labute approximate surface area is 119 Å². The quantitative estimate of drug-likeness (QED) is 0.659. The normalized spacial score (nSPS) is 20.2. The van der Waals surface area contributed by atoms with Gasteiger partial charge in [-0.3, -0.25) is 9.59 Å². The van der Waals surface area contributed by atoms with Gasteiger partial charge in [0.25, 0.3) is 0 Å². The highest BCUT2D eigenvalue weighted by molar-refractivity contribution is 8.00. The number of nitrogens with zero attached hydrogens (tertiary/aromatic N) is 1. The lowest BCUT2D eigenvalue weighted by atomic mass is 10.3. The molecule has 2 atom stereocenters. The maximum absolute atomic E-state index is 12.2. The minimum Gasteiger partial charge on any atom is -0.544 e. The first-order chi connectivity index (χ1) is 9.50. The number of benzene rings is 1. The lowest BCUT2D eigenvalue weighted by Crippen LogP contribution is -2.69. The number of carbonyl (C=O) groups is 3. The number of amides is 2. The van der Waals surface area contributed by atoms with Crippen LogP contribution in [0.1, 0.15) is 6.42 Å². The summed E-state index contributed by atoms with van der Waals surface area (Å²) >= 11 is 1.14. The monoisotopic (exact) mass is 294 g/mol. The van der Waals surface area contributed by atoms with Crippen molar-refractivity contribution in [1.82, 2.24) is 0 Å². The van der Waals surface area contributed by atoms with Crippen LogP contribution < -0.4 is 15.7 Å². The Bertz CT molecular complexity index is 534. The number of para-hydroxylation sites is 1. The first-order valence-electron chi connectivity index (χ1n) is 6.08. The standard InChI is InChI=1S/C13H14N2O4S/c14-9(13(18)19)7-20-10-6-11(16)15(12(10)17)8-4-2-1-3-5-8/h1-5,9-10H,6-7,14H2,(H,18,19)/t9-,10+/m1/s1. The fourth-order valence-electron chi connectivity index (χ4n) is 1.88. The summed E-state index contributed by atoms with van der Waals surface area (Å²) in [6, 6.07) is 7.78. The minimum absolute atomic E-state index is 0.0815. The molecule has 0 radical (unpaired) electrons. The molecule has 1 aromatic carbocycles. The fraction of sp³-hybridized carbons (Fsp3) is 0.308. The third kappa shape index (κ3) is 3.00. The van der Waals surface area contributed by atoms with Gasteiger partial charge in [0.2, 0.25) is 11.8 Å². The maximum atomic E-state index is 12.2. The lowest BCUT2D eigenvalue weighted by molar-refractivity contribution is -0.431. The van der Waals surface area contributed by atoms with Crippen LogP contribution >= 0.6 is 11.8 Å². The summed E-state index contributed by atoms with van der Waals surface area (Å²) in [4.78, 5) is 35.9. The second kappa shape index (κ2) is 6.06. The average Bonchev–Trinajstić information content (AvgIpc) is 2.71. The Morgan fingerprint density at radius 2 is 2.05 bits per heavy atom. The number of quaternary nitrogens is 1. The number of hydrogen-bond donors (Lipinski definition) is 1. The van der Waals surface area contributed by atoms with E-state index in [4.69, 9.17) is 0 Å². The van der Waals surface area contributed by atoms with Crippen molar-refractivity contribution < 1.29 is 25.2 Å². The minimum atomic E-state index is -1.26. The summed E-state index contributed by atoms with van der Waals surface area (Å²) in [6.07, 6.45) is 0.0815. The number of hydrogen-bond acceptors (Lipinski definition) is 5. The molecule has 2 rings (SSSR count). The van der Waals surface area contributed by atoms with Gasteiger partial charge in [0.15, 0.2) is 0 Å². The molecule has 0 aromatic heterocycles. The van der Waals surface area contributed by atoms with E-state index in [0.717, 1.165) is 16.7 Å². The zero-order chi connectivity index (χ0) is 14.7. The van der Waals surface area contributed by atoms with Gasteiger partial charge in [-0.05, 0) is 12.1 Å². The summed E-state index contributed by atoms with van der Waals surface area (Å²) in [5.74, 6) is -1.69. The van der Waals surface area contributed by atoms with Gasteiger partial charge in [-0.1, -0.05) is 18.2 Å². The molecule has 1 heterocycles. The topological polar surface area (TPSA) is 105 Å². The van der Waals surface area contributed by atoms with Gasteiger partial charge >= 0.3 is 0 Å². The summed E-state index contributed by atoms with van der Waals surface area (Å²) in [6.45, 7) is 0. The zero-order valence-electron chi connectivity index (χ0n) is 10.7.